The number of nitrogens with one attached hydrogen (secondary N) is 2. The highest BCUT2D eigenvalue weighted by atomic mass is 16.5. The van der Waals surface area contributed by atoms with Crippen LogP contribution in [0, 0.1) is 6.92 Å². The second-order valence-electron chi connectivity index (χ2n) is 7.74. The molecule has 150 valence electrons. The zero-order valence-corrected chi connectivity index (χ0v) is 17.0. The maximum Gasteiger partial charge on any atom is 0.257 e. The summed E-state index contributed by atoms with van der Waals surface area (Å²) in [6, 6.07) is 9.41. The van der Waals surface area contributed by atoms with Crippen LogP contribution < -0.4 is 15.4 Å². The van der Waals surface area contributed by atoms with Gasteiger partial charge in [0.2, 0.25) is 0 Å². The van der Waals surface area contributed by atoms with Crippen LogP contribution in [0.1, 0.15) is 48.7 Å². The molecule has 0 aliphatic rings. The van der Waals surface area contributed by atoms with Crippen molar-refractivity contribution < 1.29 is 14.3 Å². The molecule has 0 unspecified atom stereocenters. The number of hydrogen-bond acceptors (Lipinski definition) is 4. The number of ether oxygens (including phenoxy) is 1. The van der Waals surface area contributed by atoms with E-state index in [-0.39, 0.29) is 23.8 Å². The number of nitrogens with zero attached hydrogens (tertiary/aromatic N) is 1. The molecule has 6 heteroatoms. The van der Waals surface area contributed by atoms with E-state index >= 15 is 0 Å². The zero-order valence-electron chi connectivity index (χ0n) is 17.0. The van der Waals surface area contributed by atoms with Gasteiger partial charge in [-0.3, -0.25) is 14.6 Å². The topological polar surface area (TPSA) is 80.3 Å². The molecule has 0 saturated carbocycles. The Hall–Kier alpha value is -2.89. The van der Waals surface area contributed by atoms with Crippen molar-refractivity contribution in [3.63, 3.8) is 0 Å². The molecular formula is C22H29N3O3. The summed E-state index contributed by atoms with van der Waals surface area (Å²) in [5, 5.41) is 5.61. The Bertz CT molecular complexity index is 798. The summed E-state index contributed by atoms with van der Waals surface area (Å²) >= 11 is 0. The standard InChI is InChI=1S/C22H29N3O3/c1-16-8-9-19(18(13-16)22(2,3)4)28-15-20(26)24-11-6-12-25-21(27)17-7-5-10-23-14-17/h5,7-10,13-14H,6,11-12,15H2,1-4H3,(H,24,26)(H,25,27). The van der Waals surface area contributed by atoms with Crippen molar-refractivity contribution in [1.29, 1.82) is 0 Å². The number of pyridine rings is 1. The van der Waals surface area contributed by atoms with E-state index in [4.69, 9.17) is 4.74 Å². The molecule has 28 heavy (non-hydrogen) atoms. The smallest absolute Gasteiger partial charge is 0.257 e. The summed E-state index contributed by atoms with van der Waals surface area (Å²) in [5.41, 5.74) is 2.70. The first-order valence-electron chi connectivity index (χ1n) is 9.46. The minimum atomic E-state index is -0.181. The van der Waals surface area contributed by atoms with E-state index in [0.29, 0.717) is 25.1 Å². The summed E-state index contributed by atoms with van der Waals surface area (Å²) in [4.78, 5) is 27.8. The van der Waals surface area contributed by atoms with Crippen LogP contribution in [-0.2, 0) is 10.2 Å². The van der Waals surface area contributed by atoms with Crippen LogP contribution in [0.4, 0.5) is 0 Å². The Morgan fingerprint density at radius 1 is 1.11 bits per heavy atom. The van der Waals surface area contributed by atoms with Gasteiger partial charge >= 0.3 is 0 Å². The predicted octanol–water partition coefficient (Wildman–Crippen LogP) is 3.00. The van der Waals surface area contributed by atoms with E-state index in [1.807, 2.05) is 19.1 Å². The van der Waals surface area contributed by atoms with E-state index in [0.717, 1.165) is 16.9 Å². The summed E-state index contributed by atoms with van der Waals surface area (Å²) < 4.78 is 5.74. The molecule has 0 saturated heterocycles. The molecule has 0 atom stereocenters. The fraction of sp³-hybridized carbons (Fsp3) is 0.409. The van der Waals surface area contributed by atoms with Gasteiger partial charge in [0.1, 0.15) is 5.75 Å². The largest absolute Gasteiger partial charge is 0.483 e. The van der Waals surface area contributed by atoms with E-state index in [9.17, 15) is 9.59 Å². The summed E-state index contributed by atoms with van der Waals surface area (Å²) in [7, 11) is 0. The molecule has 1 heterocycles. The highest BCUT2D eigenvalue weighted by molar-refractivity contribution is 5.93. The van der Waals surface area contributed by atoms with Crippen molar-refractivity contribution in [2.24, 2.45) is 0 Å². The van der Waals surface area contributed by atoms with Gasteiger partial charge in [0.15, 0.2) is 6.61 Å². The van der Waals surface area contributed by atoms with Crippen LogP contribution in [0.2, 0.25) is 0 Å². The number of carbonyl (C=O) groups excluding carboxylic acids is 2. The minimum absolute atomic E-state index is 0.0335. The van der Waals surface area contributed by atoms with Gasteiger partial charge in [0.25, 0.3) is 11.8 Å². The normalized spacial score (nSPS) is 11.0. The third-order valence-corrected chi connectivity index (χ3v) is 4.19. The lowest BCUT2D eigenvalue weighted by Crippen LogP contribution is -2.32. The van der Waals surface area contributed by atoms with E-state index in [1.165, 1.54) is 6.20 Å². The second kappa shape index (κ2) is 9.88. The number of amides is 2. The van der Waals surface area contributed by atoms with Crippen LogP contribution in [0.25, 0.3) is 0 Å². The van der Waals surface area contributed by atoms with Crippen LogP contribution >= 0.6 is 0 Å². The van der Waals surface area contributed by atoms with E-state index < -0.39 is 0 Å². The molecule has 2 N–H and O–H groups in total. The van der Waals surface area contributed by atoms with Gasteiger partial charge in [-0.05, 0) is 42.5 Å². The van der Waals surface area contributed by atoms with Gasteiger partial charge in [-0.2, -0.15) is 0 Å². The lowest BCUT2D eigenvalue weighted by Gasteiger charge is -2.23. The molecule has 2 rings (SSSR count). The van der Waals surface area contributed by atoms with E-state index in [2.05, 4.69) is 42.5 Å². The molecule has 2 amide bonds. The van der Waals surface area contributed by atoms with E-state index in [1.54, 1.807) is 18.3 Å². The Kier molecular flexibility index (Phi) is 7.55. The number of aromatic nitrogens is 1. The summed E-state index contributed by atoms with van der Waals surface area (Å²) in [6.07, 6.45) is 3.77. The molecule has 0 spiro atoms. The molecule has 0 aliphatic carbocycles. The van der Waals surface area contributed by atoms with Crippen LogP contribution in [-0.4, -0.2) is 36.5 Å². The van der Waals surface area contributed by atoms with Gasteiger partial charge in [0.05, 0.1) is 5.56 Å². The average Bonchev–Trinajstić information content (AvgIpc) is 2.66. The fourth-order valence-corrected chi connectivity index (χ4v) is 2.67. The molecule has 0 bridgehead atoms. The Balaban J connectivity index is 1.70. The molecule has 2 aromatic rings. The highest BCUT2D eigenvalue weighted by Gasteiger charge is 2.19. The first-order valence-corrected chi connectivity index (χ1v) is 9.46. The number of aryl methyl sites for hydroxylation is 1. The van der Waals surface area contributed by atoms with Crippen molar-refractivity contribution in [2.75, 3.05) is 19.7 Å². The Morgan fingerprint density at radius 2 is 1.86 bits per heavy atom. The van der Waals surface area contributed by atoms with Crippen LogP contribution in [0.5, 0.6) is 5.75 Å². The minimum Gasteiger partial charge on any atom is -0.483 e. The van der Waals surface area contributed by atoms with Crippen LogP contribution in [0.15, 0.2) is 42.7 Å². The number of hydrogen-bond donors (Lipinski definition) is 2. The molecule has 0 aliphatic heterocycles. The third-order valence-electron chi connectivity index (χ3n) is 4.19. The van der Waals surface area contributed by atoms with Crippen LogP contribution in [0.3, 0.4) is 0 Å². The lowest BCUT2D eigenvalue weighted by atomic mass is 9.85. The molecule has 1 aromatic heterocycles. The first-order chi connectivity index (χ1) is 13.3. The molecular weight excluding hydrogens is 354 g/mol. The first kappa shape index (κ1) is 21.4. The number of benzene rings is 1. The molecule has 0 radical (unpaired) electrons. The maximum absolute atomic E-state index is 12.0. The number of rotatable bonds is 8. The molecule has 0 fully saturated rings. The number of carbonyl (C=O) groups is 2. The van der Waals surface area contributed by atoms with Gasteiger partial charge in [-0.25, -0.2) is 0 Å². The maximum atomic E-state index is 12.0. The van der Waals surface area contributed by atoms with Gasteiger partial charge in [-0.1, -0.05) is 38.5 Å². The van der Waals surface area contributed by atoms with Gasteiger partial charge in [-0.15, -0.1) is 0 Å². The molecule has 6 nitrogen and oxygen atoms in total. The quantitative estimate of drug-likeness (QED) is 0.687. The fourth-order valence-electron chi connectivity index (χ4n) is 2.67. The SMILES string of the molecule is Cc1ccc(OCC(=O)NCCCNC(=O)c2cccnc2)c(C(C)(C)C)c1. The van der Waals surface area contributed by atoms with Gasteiger partial charge in [0, 0.05) is 25.5 Å². The van der Waals surface area contributed by atoms with Crippen molar-refractivity contribution in [2.45, 2.75) is 39.5 Å². The van der Waals surface area contributed by atoms with Crippen molar-refractivity contribution in [3.8, 4) is 5.75 Å². The summed E-state index contributed by atoms with van der Waals surface area (Å²) in [6.45, 7) is 9.31. The van der Waals surface area contributed by atoms with Crippen molar-refractivity contribution >= 4 is 11.8 Å². The predicted molar refractivity (Wildman–Crippen MR) is 110 cm³/mol. The van der Waals surface area contributed by atoms with Gasteiger partial charge < -0.3 is 15.4 Å². The second-order valence-corrected chi connectivity index (χ2v) is 7.74. The lowest BCUT2D eigenvalue weighted by molar-refractivity contribution is -0.123. The molecule has 1 aromatic carbocycles. The zero-order chi connectivity index (χ0) is 20.6. The third kappa shape index (κ3) is 6.68. The average molecular weight is 383 g/mol. The Morgan fingerprint density at radius 3 is 2.54 bits per heavy atom. The van der Waals surface area contributed by atoms with Crippen molar-refractivity contribution in [3.05, 3.63) is 59.4 Å². The monoisotopic (exact) mass is 383 g/mol. The van der Waals surface area contributed by atoms with Crippen molar-refractivity contribution in [1.82, 2.24) is 15.6 Å². The summed E-state index contributed by atoms with van der Waals surface area (Å²) in [5.74, 6) is 0.382. The Labute approximate surface area is 166 Å². The highest BCUT2D eigenvalue weighted by Crippen LogP contribution is 2.32.